The second kappa shape index (κ2) is 14.6. The summed E-state index contributed by atoms with van der Waals surface area (Å²) >= 11 is 0. The third-order valence-corrected chi connectivity index (χ3v) is 5.42. The average molecular weight is 476 g/mol. The third kappa shape index (κ3) is 11.0. The lowest BCUT2D eigenvalue weighted by molar-refractivity contribution is -0.140. The Labute approximate surface area is 206 Å². The Morgan fingerprint density at radius 1 is 1.00 bits per heavy atom. The van der Waals surface area contributed by atoms with Crippen molar-refractivity contribution in [2.45, 2.75) is 105 Å². The van der Waals surface area contributed by atoms with E-state index in [2.05, 4.69) is 24.5 Å². The van der Waals surface area contributed by atoms with Crippen LogP contribution in [-0.2, 0) is 14.3 Å². The van der Waals surface area contributed by atoms with Crippen LogP contribution in [0.1, 0.15) is 97.2 Å². The monoisotopic (exact) mass is 475 g/mol. The Morgan fingerprint density at radius 2 is 1.65 bits per heavy atom. The van der Waals surface area contributed by atoms with Gasteiger partial charge in [-0.25, -0.2) is 4.79 Å². The number of rotatable bonds is 13. The van der Waals surface area contributed by atoms with Gasteiger partial charge in [-0.15, -0.1) is 0 Å². The Morgan fingerprint density at radius 3 is 2.21 bits per heavy atom. The lowest BCUT2D eigenvalue weighted by atomic mass is 10.0. The predicted octanol–water partition coefficient (Wildman–Crippen LogP) is 5.27. The first-order valence-electron chi connectivity index (χ1n) is 12.6. The second-order valence-corrected chi connectivity index (χ2v) is 10.0. The highest BCUT2D eigenvalue weighted by Crippen LogP contribution is 2.24. The standard InChI is InChI=1S/C27H45N3O4/c1-8-10-11-12-18-30(23(31)19-28-26(33)34-27(5,6)7)24(22-16-14-20(3)15-17-22)25(32)29-21(4)13-9-2/h14-17,21,24H,8-13,18-19H2,1-7H3,(H,28,33)(H,29,32). The first kappa shape index (κ1) is 29.5. The summed E-state index contributed by atoms with van der Waals surface area (Å²) in [4.78, 5) is 40.5. The summed E-state index contributed by atoms with van der Waals surface area (Å²) in [6.45, 7) is 13.7. The molecule has 0 saturated heterocycles. The van der Waals surface area contributed by atoms with Crippen LogP contribution >= 0.6 is 0 Å². The van der Waals surface area contributed by atoms with E-state index in [1.165, 1.54) is 0 Å². The van der Waals surface area contributed by atoms with Crippen LogP contribution in [0.15, 0.2) is 24.3 Å². The van der Waals surface area contributed by atoms with Gasteiger partial charge in [-0.2, -0.15) is 0 Å². The number of unbranched alkanes of at least 4 members (excludes halogenated alkanes) is 3. The van der Waals surface area contributed by atoms with Gasteiger partial charge in [-0.05, 0) is 53.0 Å². The van der Waals surface area contributed by atoms with Crippen molar-refractivity contribution in [3.05, 3.63) is 35.4 Å². The van der Waals surface area contributed by atoms with E-state index in [0.29, 0.717) is 6.54 Å². The number of benzene rings is 1. The zero-order chi connectivity index (χ0) is 25.7. The van der Waals surface area contributed by atoms with Crippen molar-refractivity contribution in [1.29, 1.82) is 0 Å². The van der Waals surface area contributed by atoms with E-state index in [1.807, 2.05) is 38.1 Å². The molecule has 1 rings (SSSR count). The Hall–Kier alpha value is -2.57. The number of amides is 3. The van der Waals surface area contributed by atoms with Crippen molar-refractivity contribution in [2.75, 3.05) is 13.1 Å². The number of aryl methyl sites for hydroxylation is 1. The highest BCUT2D eigenvalue weighted by atomic mass is 16.6. The van der Waals surface area contributed by atoms with Gasteiger partial charge in [0.1, 0.15) is 18.2 Å². The van der Waals surface area contributed by atoms with Crippen LogP contribution in [0.3, 0.4) is 0 Å². The molecule has 0 bridgehead atoms. The molecule has 1 aromatic rings. The summed E-state index contributed by atoms with van der Waals surface area (Å²) in [6.07, 6.45) is 5.05. The summed E-state index contributed by atoms with van der Waals surface area (Å²) in [5.41, 5.74) is 1.18. The number of ether oxygens (including phenoxy) is 1. The molecule has 0 heterocycles. The Kier molecular flexibility index (Phi) is 12.7. The van der Waals surface area contributed by atoms with Crippen molar-refractivity contribution in [1.82, 2.24) is 15.5 Å². The van der Waals surface area contributed by atoms with Crippen molar-refractivity contribution < 1.29 is 19.1 Å². The summed E-state index contributed by atoms with van der Waals surface area (Å²) in [5, 5.41) is 5.63. The molecular weight excluding hydrogens is 430 g/mol. The Balaban J connectivity index is 3.18. The molecule has 0 saturated carbocycles. The van der Waals surface area contributed by atoms with Gasteiger partial charge in [-0.3, -0.25) is 9.59 Å². The predicted molar refractivity (Wildman–Crippen MR) is 137 cm³/mol. The molecular formula is C27H45N3O4. The number of alkyl carbamates (subject to hydrolysis) is 1. The largest absolute Gasteiger partial charge is 0.444 e. The van der Waals surface area contributed by atoms with Crippen LogP contribution in [-0.4, -0.2) is 47.5 Å². The van der Waals surface area contributed by atoms with Gasteiger partial charge >= 0.3 is 6.09 Å². The normalized spacial score (nSPS) is 13.0. The summed E-state index contributed by atoms with van der Waals surface area (Å²) < 4.78 is 5.27. The van der Waals surface area contributed by atoms with E-state index < -0.39 is 17.7 Å². The van der Waals surface area contributed by atoms with Gasteiger partial charge in [0.25, 0.3) is 0 Å². The zero-order valence-electron chi connectivity index (χ0n) is 22.2. The van der Waals surface area contributed by atoms with Crippen molar-refractivity contribution in [2.24, 2.45) is 0 Å². The zero-order valence-corrected chi connectivity index (χ0v) is 22.2. The van der Waals surface area contributed by atoms with Crippen LogP contribution in [0.25, 0.3) is 0 Å². The number of carbonyl (C=O) groups excluding carboxylic acids is 3. The van der Waals surface area contributed by atoms with Crippen LogP contribution in [0, 0.1) is 6.92 Å². The molecule has 0 aromatic heterocycles. The molecule has 0 aliphatic rings. The van der Waals surface area contributed by atoms with E-state index in [4.69, 9.17) is 4.74 Å². The number of nitrogens with one attached hydrogen (secondary N) is 2. The smallest absolute Gasteiger partial charge is 0.408 e. The highest BCUT2D eigenvalue weighted by Gasteiger charge is 2.32. The minimum Gasteiger partial charge on any atom is -0.444 e. The van der Waals surface area contributed by atoms with Crippen molar-refractivity contribution in [3.8, 4) is 0 Å². The van der Waals surface area contributed by atoms with E-state index >= 15 is 0 Å². The quantitative estimate of drug-likeness (QED) is 0.380. The maximum absolute atomic E-state index is 13.5. The summed E-state index contributed by atoms with van der Waals surface area (Å²) in [5.74, 6) is -0.517. The van der Waals surface area contributed by atoms with Gasteiger partial charge in [-0.1, -0.05) is 69.4 Å². The Bertz CT molecular complexity index is 771. The minimum absolute atomic E-state index is 0.00220. The van der Waals surface area contributed by atoms with E-state index in [0.717, 1.165) is 49.7 Å². The van der Waals surface area contributed by atoms with Gasteiger partial charge in [0.15, 0.2) is 0 Å². The summed E-state index contributed by atoms with van der Waals surface area (Å²) in [7, 11) is 0. The minimum atomic E-state index is -0.769. The van der Waals surface area contributed by atoms with Gasteiger partial charge in [0.05, 0.1) is 0 Å². The summed E-state index contributed by atoms with van der Waals surface area (Å²) in [6, 6.07) is 6.93. The fourth-order valence-corrected chi connectivity index (χ4v) is 3.72. The lowest BCUT2D eigenvalue weighted by Gasteiger charge is -2.32. The van der Waals surface area contributed by atoms with Crippen LogP contribution < -0.4 is 10.6 Å². The van der Waals surface area contributed by atoms with Crippen molar-refractivity contribution in [3.63, 3.8) is 0 Å². The van der Waals surface area contributed by atoms with Crippen LogP contribution in [0.5, 0.6) is 0 Å². The molecule has 1 aromatic carbocycles. The van der Waals surface area contributed by atoms with Gasteiger partial charge in [0.2, 0.25) is 11.8 Å². The van der Waals surface area contributed by atoms with Gasteiger partial charge < -0.3 is 20.3 Å². The second-order valence-electron chi connectivity index (χ2n) is 10.0. The number of hydrogen-bond donors (Lipinski definition) is 2. The molecule has 34 heavy (non-hydrogen) atoms. The molecule has 7 heteroatoms. The molecule has 2 atom stereocenters. The van der Waals surface area contributed by atoms with Crippen molar-refractivity contribution >= 4 is 17.9 Å². The molecule has 0 spiro atoms. The highest BCUT2D eigenvalue weighted by molar-refractivity contribution is 5.90. The third-order valence-electron chi connectivity index (χ3n) is 5.42. The molecule has 192 valence electrons. The van der Waals surface area contributed by atoms with Crippen LogP contribution in [0.4, 0.5) is 4.79 Å². The fourth-order valence-electron chi connectivity index (χ4n) is 3.72. The SMILES string of the molecule is CCCCCCN(C(=O)CNC(=O)OC(C)(C)C)C(C(=O)NC(C)CCC)c1ccc(C)cc1. The fraction of sp³-hybridized carbons (Fsp3) is 0.667. The molecule has 0 radical (unpaired) electrons. The molecule has 2 N–H and O–H groups in total. The average Bonchev–Trinajstić information content (AvgIpc) is 2.74. The van der Waals surface area contributed by atoms with E-state index in [9.17, 15) is 14.4 Å². The lowest BCUT2D eigenvalue weighted by Crippen LogP contribution is -2.49. The number of nitrogens with zero attached hydrogens (tertiary/aromatic N) is 1. The number of carbonyl (C=O) groups is 3. The van der Waals surface area contributed by atoms with E-state index in [-0.39, 0.29) is 24.4 Å². The molecule has 0 fully saturated rings. The first-order valence-corrected chi connectivity index (χ1v) is 12.6. The molecule has 3 amide bonds. The van der Waals surface area contributed by atoms with Gasteiger partial charge in [0, 0.05) is 12.6 Å². The van der Waals surface area contributed by atoms with E-state index in [1.54, 1.807) is 25.7 Å². The molecule has 2 unspecified atom stereocenters. The molecule has 0 aliphatic heterocycles. The first-order chi connectivity index (χ1) is 16.0. The molecule has 0 aliphatic carbocycles. The topological polar surface area (TPSA) is 87.7 Å². The maximum atomic E-state index is 13.5. The van der Waals surface area contributed by atoms with Crippen LogP contribution in [0.2, 0.25) is 0 Å². The maximum Gasteiger partial charge on any atom is 0.408 e. The number of hydrogen-bond acceptors (Lipinski definition) is 4. The molecule has 7 nitrogen and oxygen atoms in total.